The number of methoxy groups -OCH3 is 1. The van der Waals surface area contributed by atoms with Crippen molar-refractivity contribution in [2.75, 3.05) is 12.0 Å². The predicted octanol–water partition coefficient (Wildman–Crippen LogP) is 5.18. The van der Waals surface area contributed by atoms with Crippen LogP contribution in [0.15, 0.2) is 41.4 Å². The van der Waals surface area contributed by atoms with Gasteiger partial charge >= 0.3 is 0 Å². The van der Waals surface area contributed by atoms with Crippen LogP contribution >= 0.6 is 46.4 Å². The summed E-state index contributed by atoms with van der Waals surface area (Å²) in [6.07, 6.45) is 0. The molecular formula is C17H9Cl4NO3. The first kappa shape index (κ1) is 18.1. The van der Waals surface area contributed by atoms with Gasteiger partial charge in [0.05, 0.1) is 28.4 Å². The Labute approximate surface area is 163 Å². The first-order valence-corrected chi connectivity index (χ1v) is 8.44. The number of amides is 2. The summed E-state index contributed by atoms with van der Waals surface area (Å²) in [7, 11) is 1.46. The van der Waals surface area contributed by atoms with Crippen molar-refractivity contribution in [1.82, 2.24) is 0 Å². The van der Waals surface area contributed by atoms with Crippen LogP contribution in [0.4, 0.5) is 5.69 Å². The molecule has 3 rings (SSSR count). The van der Waals surface area contributed by atoms with Crippen molar-refractivity contribution in [3.05, 3.63) is 62.1 Å². The summed E-state index contributed by atoms with van der Waals surface area (Å²) >= 11 is 24.2. The van der Waals surface area contributed by atoms with Crippen molar-refractivity contribution in [1.29, 1.82) is 0 Å². The van der Waals surface area contributed by atoms with E-state index in [-0.39, 0.29) is 26.3 Å². The zero-order chi connectivity index (χ0) is 18.3. The van der Waals surface area contributed by atoms with Gasteiger partial charge in [-0.2, -0.15) is 0 Å². The van der Waals surface area contributed by atoms with Crippen LogP contribution in [0.5, 0.6) is 5.75 Å². The zero-order valence-electron chi connectivity index (χ0n) is 12.6. The molecular weight excluding hydrogens is 408 g/mol. The lowest BCUT2D eigenvalue weighted by Gasteiger charge is -2.16. The number of benzene rings is 2. The largest absolute Gasteiger partial charge is 0.495 e. The predicted molar refractivity (Wildman–Crippen MR) is 99.7 cm³/mol. The molecule has 0 aliphatic carbocycles. The normalized spacial score (nSPS) is 14.5. The number of carbonyl (C=O) groups excluding carboxylic acids is 2. The summed E-state index contributed by atoms with van der Waals surface area (Å²) in [4.78, 5) is 26.3. The second-order valence-electron chi connectivity index (χ2n) is 5.08. The molecule has 25 heavy (non-hydrogen) atoms. The van der Waals surface area contributed by atoms with E-state index < -0.39 is 11.8 Å². The van der Waals surface area contributed by atoms with Crippen molar-refractivity contribution in [2.24, 2.45) is 0 Å². The topological polar surface area (TPSA) is 46.6 Å². The van der Waals surface area contributed by atoms with Crippen LogP contribution in [0.1, 0.15) is 5.56 Å². The summed E-state index contributed by atoms with van der Waals surface area (Å²) in [5.74, 6) is -0.834. The van der Waals surface area contributed by atoms with Gasteiger partial charge in [-0.3, -0.25) is 9.59 Å². The molecule has 2 aromatic carbocycles. The van der Waals surface area contributed by atoms with Gasteiger partial charge in [-0.05, 0) is 30.3 Å². The first-order valence-electron chi connectivity index (χ1n) is 6.92. The Morgan fingerprint density at radius 2 is 1.60 bits per heavy atom. The van der Waals surface area contributed by atoms with E-state index in [0.29, 0.717) is 16.3 Å². The molecule has 1 aliphatic heterocycles. The van der Waals surface area contributed by atoms with Crippen LogP contribution in [0.25, 0.3) is 5.57 Å². The number of hydrogen-bond acceptors (Lipinski definition) is 3. The van der Waals surface area contributed by atoms with E-state index in [1.54, 1.807) is 12.1 Å². The Hall–Kier alpha value is -1.72. The maximum Gasteiger partial charge on any atom is 0.277 e. The quantitative estimate of drug-likeness (QED) is 0.647. The Kier molecular flexibility index (Phi) is 4.98. The molecule has 1 aliphatic rings. The molecule has 0 fully saturated rings. The molecule has 4 nitrogen and oxygen atoms in total. The van der Waals surface area contributed by atoms with Gasteiger partial charge in [0.25, 0.3) is 11.8 Å². The number of anilines is 1. The highest BCUT2D eigenvalue weighted by Gasteiger charge is 2.40. The van der Waals surface area contributed by atoms with Crippen LogP contribution in [0.3, 0.4) is 0 Å². The molecule has 8 heteroatoms. The second-order valence-corrected chi connectivity index (χ2v) is 6.71. The zero-order valence-corrected chi connectivity index (χ0v) is 15.7. The molecule has 0 radical (unpaired) electrons. The third-order valence-corrected chi connectivity index (χ3v) is 4.82. The molecule has 2 aromatic rings. The fourth-order valence-electron chi connectivity index (χ4n) is 2.46. The Bertz CT molecular complexity index is 939. The molecule has 0 atom stereocenters. The van der Waals surface area contributed by atoms with Crippen LogP contribution in [0, 0.1) is 0 Å². The third kappa shape index (κ3) is 3.11. The molecule has 1 heterocycles. The maximum absolute atomic E-state index is 12.8. The number of halogens is 4. The third-order valence-electron chi connectivity index (χ3n) is 3.62. The molecule has 128 valence electrons. The first-order chi connectivity index (χ1) is 11.8. The van der Waals surface area contributed by atoms with Gasteiger partial charge in [-0.1, -0.05) is 52.5 Å². The minimum atomic E-state index is -0.658. The number of rotatable bonds is 3. The van der Waals surface area contributed by atoms with Crippen LogP contribution < -0.4 is 9.64 Å². The fourth-order valence-corrected chi connectivity index (χ4v) is 3.48. The van der Waals surface area contributed by atoms with E-state index in [9.17, 15) is 9.59 Å². The van der Waals surface area contributed by atoms with E-state index in [0.717, 1.165) is 4.90 Å². The fraction of sp³-hybridized carbons (Fsp3) is 0.0588. The smallest absolute Gasteiger partial charge is 0.277 e. The summed E-state index contributed by atoms with van der Waals surface area (Å²) < 4.78 is 5.07. The molecule has 2 amide bonds. The Morgan fingerprint density at radius 3 is 2.20 bits per heavy atom. The standard InChI is InChI=1S/C17H9Cl4NO3/c1-25-13-5-3-9(7-12(13)20)22-16(23)14(15(21)17(22)24)10-4-2-8(18)6-11(10)19/h2-7H,1H3. The minimum Gasteiger partial charge on any atom is -0.495 e. The second kappa shape index (κ2) is 6.89. The molecule has 0 unspecified atom stereocenters. The molecule has 0 aromatic heterocycles. The molecule has 0 saturated heterocycles. The van der Waals surface area contributed by atoms with E-state index in [1.165, 1.54) is 31.4 Å². The highest BCUT2D eigenvalue weighted by Crippen LogP contribution is 2.39. The van der Waals surface area contributed by atoms with Crippen molar-refractivity contribution in [2.45, 2.75) is 0 Å². The van der Waals surface area contributed by atoms with Gasteiger partial charge < -0.3 is 4.74 Å². The lowest BCUT2D eigenvalue weighted by molar-refractivity contribution is -0.119. The van der Waals surface area contributed by atoms with Gasteiger partial charge in [-0.15, -0.1) is 0 Å². The van der Waals surface area contributed by atoms with Crippen molar-refractivity contribution in [3.8, 4) is 5.75 Å². The number of nitrogens with zero attached hydrogens (tertiary/aromatic N) is 1. The van der Waals surface area contributed by atoms with E-state index in [1.807, 2.05) is 0 Å². The molecule has 0 spiro atoms. The molecule has 0 N–H and O–H groups in total. The molecule has 0 bridgehead atoms. The van der Waals surface area contributed by atoms with Gasteiger partial charge in [0.15, 0.2) is 0 Å². The molecule has 0 saturated carbocycles. The lowest BCUT2D eigenvalue weighted by Crippen LogP contribution is -2.31. The van der Waals surface area contributed by atoms with E-state index >= 15 is 0 Å². The van der Waals surface area contributed by atoms with E-state index in [2.05, 4.69) is 0 Å². The highest BCUT2D eigenvalue weighted by atomic mass is 35.5. The van der Waals surface area contributed by atoms with Crippen molar-refractivity contribution < 1.29 is 14.3 Å². The number of imide groups is 1. The van der Waals surface area contributed by atoms with Gasteiger partial charge in [-0.25, -0.2) is 4.90 Å². The van der Waals surface area contributed by atoms with Gasteiger partial charge in [0, 0.05) is 10.6 Å². The van der Waals surface area contributed by atoms with Crippen molar-refractivity contribution in [3.63, 3.8) is 0 Å². The summed E-state index contributed by atoms with van der Waals surface area (Å²) in [5.41, 5.74) is 0.621. The van der Waals surface area contributed by atoms with Crippen LogP contribution in [0.2, 0.25) is 15.1 Å². The van der Waals surface area contributed by atoms with Gasteiger partial charge in [0.2, 0.25) is 0 Å². The number of carbonyl (C=O) groups is 2. The SMILES string of the molecule is COc1ccc(N2C(=O)C(Cl)=C(c3ccc(Cl)cc3Cl)C2=O)cc1Cl. The average molecular weight is 417 g/mol. The number of hydrogen-bond donors (Lipinski definition) is 0. The van der Waals surface area contributed by atoms with Crippen LogP contribution in [-0.4, -0.2) is 18.9 Å². The summed E-state index contributed by atoms with van der Waals surface area (Å²) in [6.45, 7) is 0. The van der Waals surface area contributed by atoms with E-state index in [4.69, 9.17) is 51.1 Å². The minimum absolute atomic E-state index is 0.0141. The number of ether oxygens (including phenoxy) is 1. The monoisotopic (exact) mass is 415 g/mol. The Morgan fingerprint density at radius 1 is 0.880 bits per heavy atom. The Balaban J connectivity index is 2.06. The van der Waals surface area contributed by atoms with Crippen LogP contribution in [-0.2, 0) is 9.59 Å². The highest BCUT2D eigenvalue weighted by molar-refractivity contribution is 6.61. The summed E-state index contributed by atoms with van der Waals surface area (Å²) in [5, 5.41) is 0.660. The maximum atomic E-state index is 12.8. The van der Waals surface area contributed by atoms with Crippen molar-refractivity contribution >= 4 is 69.5 Å². The van der Waals surface area contributed by atoms with Gasteiger partial charge in [0.1, 0.15) is 10.8 Å². The lowest BCUT2D eigenvalue weighted by atomic mass is 10.1. The summed E-state index contributed by atoms with van der Waals surface area (Å²) in [6, 6.07) is 9.12. The average Bonchev–Trinajstić information content (AvgIpc) is 2.78.